The highest BCUT2D eigenvalue weighted by atomic mass is 16.2. The number of nitrogens with one attached hydrogen (secondary N) is 2. The number of hydrogen-bond donors (Lipinski definition) is 2. The molecule has 1 aromatic carbocycles. The Morgan fingerprint density at radius 3 is 2.47 bits per heavy atom. The van der Waals surface area contributed by atoms with Crippen LogP contribution in [0.3, 0.4) is 0 Å². The summed E-state index contributed by atoms with van der Waals surface area (Å²) in [5, 5.41) is 13.4. The van der Waals surface area contributed by atoms with E-state index in [-0.39, 0.29) is 5.57 Å². The van der Waals surface area contributed by atoms with Gasteiger partial charge in [-0.05, 0) is 0 Å². The molecule has 0 saturated carbocycles. The molecule has 0 aliphatic heterocycles. The minimum absolute atomic E-state index is 0.125. The fraction of sp³-hybridized carbons (Fsp3) is 0.0833. The maximum Gasteiger partial charge on any atom is 0.318 e. The Morgan fingerprint density at radius 2 is 1.94 bits per heavy atom. The summed E-state index contributed by atoms with van der Waals surface area (Å²) in [6.45, 7) is 0. The summed E-state index contributed by atoms with van der Waals surface area (Å²) in [5.74, 6) is -0.426. The standard InChI is InChI=1S/C12H11N3O2/c1-14-12(17)15-8-10(7-13)11(16)9-5-3-2-4-6-9/h2-6,8H,1H3,(H2,14,15,17)/b10-8+. The maximum absolute atomic E-state index is 11.8. The highest BCUT2D eigenvalue weighted by molar-refractivity contribution is 6.11. The van der Waals surface area contributed by atoms with Crippen molar-refractivity contribution in [2.24, 2.45) is 0 Å². The molecule has 0 unspecified atom stereocenters. The Morgan fingerprint density at radius 1 is 1.29 bits per heavy atom. The van der Waals surface area contributed by atoms with E-state index in [2.05, 4.69) is 10.6 Å². The molecule has 0 aromatic heterocycles. The molecule has 17 heavy (non-hydrogen) atoms. The van der Waals surface area contributed by atoms with E-state index in [0.29, 0.717) is 5.56 Å². The van der Waals surface area contributed by atoms with Crippen molar-refractivity contribution in [1.29, 1.82) is 5.26 Å². The third-order valence-corrected chi connectivity index (χ3v) is 1.98. The van der Waals surface area contributed by atoms with Crippen molar-refractivity contribution in [2.45, 2.75) is 0 Å². The van der Waals surface area contributed by atoms with E-state index < -0.39 is 11.8 Å². The normalized spacial score (nSPS) is 10.2. The zero-order valence-corrected chi connectivity index (χ0v) is 9.23. The predicted octanol–water partition coefficient (Wildman–Crippen LogP) is 1.21. The number of allylic oxidation sites excluding steroid dienone is 1. The van der Waals surface area contributed by atoms with E-state index in [0.717, 1.165) is 6.20 Å². The molecule has 0 atom stereocenters. The fourth-order valence-electron chi connectivity index (χ4n) is 1.10. The van der Waals surface area contributed by atoms with Gasteiger partial charge in [0.15, 0.2) is 0 Å². The Balaban J connectivity index is 2.86. The van der Waals surface area contributed by atoms with Gasteiger partial charge in [-0.25, -0.2) is 4.79 Å². The average Bonchev–Trinajstić information content (AvgIpc) is 2.39. The summed E-state index contributed by atoms with van der Waals surface area (Å²) >= 11 is 0. The number of carbonyl (C=O) groups excluding carboxylic acids is 2. The lowest BCUT2D eigenvalue weighted by Gasteiger charge is -2.00. The van der Waals surface area contributed by atoms with Crippen LogP contribution in [0.2, 0.25) is 0 Å². The van der Waals surface area contributed by atoms with Gasteiger partial charge in [-0.3, -0.25) is 4.79 Å². The van der Waals surface area contributed by atoms with Gasteiger partial charge >= 0.3 is 6.03 Å². The molecule has 0 saturated heterocycles. The smallest absolute Gasteiger partial charge is 0.318 e. The topological polar surface area (TPSA) is 82.0 Å². The second kappa shape index (κ2) is 6.08. The van der Waals surface area contributed by atoms with Crippen LogP contribution in [0, 0.1) is 11.3 Å². The minimum Gasteiger partial charge on any atom is -0.341 e. The molecule has 5 heteroatoms. The zero-order valence-electron chi connectivity index (χ0n) is 9.23. The fourth-order valence-corrected chi connectivity index (χ4v) is 1.10. The zero-order chi connectivity index (χ0) is 12.7. The first kappa shape index (κ1) is 12.5. The maximum atomic E-state index is 11.8. The van der Waals surface area contributed by atoms with Crippen molar-refractivity contribution >= 4 is 11.8 Å². The van der Waals surface area contributed by atoms with Crippen LogP contribution in [0.15, 0.2) is 42.1 Å². The van der Waals surface area contributed by atoms with Gasteiger partial charge in [-0.15, -0.1) is 0 Å². The van der Waals surface area contributed by atoms with Crippen molar-refractivity contribution in [3.8, 4) is 6.07 Å². The van der Waals surface area contributed by atoms with Gasteiger partial charge in [-0.2, -0.15) is 5.26 Å². The van der Waals surface area contributed by atoms with Crippen LogP contribution in [-0.4, -0.2) is 18.9 Å². The molecule has 0 bridgehead atoms. The van der Waals surface area contributed by atoms with Crippen molar-refractivity contribution in [1.82, 2.24) is 10.6 Å². The number of hydrogen-bond acceptors (Lipinski definition) is 3. The number of ketones is 1. The number of nitrogens with zero attached hydrogens (tertiary/aromatic N) is 1. The summed E-state index contributed by atoms with van der Waals surface area (Å²) in [6.07, 6.45) is 1.09. The predicted molar refractivity (Wildman–Crippen MR) is 62.1 cm³/mol. The van der Waals surface area contributed by atoms with Crippen LogP contribution in [0.4, 0.5) is 4.79 Å². The second-order valence-electron chi connectivity index (χ2n) is 3.09. The third kappa shape index (κ3) is 3.47. The molecule has 0 aliphatic carbocycles. The van der Waals surface area contributed by atoms with Crippen LogP contribution in [0.1, 0.15) is 10.4 Å². The number of Topliss-reactive ketones (excluding diaryl/α,β-unsaturated/α-hetero) is 1. The molecular weight excluding hydrogens is 218 g/mol. The lowest BCUT2D eigenvalue weighted by atomic mass is 10.1. The SMILES string of the molecule is CNC(=O)N/C=C(\C#N)C(=O)c1ccccc1. The molecule has 0 heterocycles. The quantitative estimate of drug-likeness (QED) is 0.464. The molecule has 0 radical (unpaired) electrons. The van der Waals surface area contributed by atoms with Crippen LogP contribution < -0.4 is 10.6 Å². The van der Waals surface area contributed by atoms with E-state index in [1.807, 2.05) is 0 Å². The second-order valence-corrected chi connectivity index (χ2v) is 3.09. The molecule has 0 fully saturated rings. The number of benzene rings is 1. The molecule has 5 nitrogen and oxygen atoms in total. The summed E-state index contributed by atoms with van der Waals surface area (Å²) < 4.78 is 0. The lowest BCUT2D eigenvalue weighted by Crippen LogP contribution is -2.29. The summed E-state index contributed by atoms with van der Waals surface area (Å²) in [4.78, 5) is 22.7. The highest BCUT2D eigenvalue weighted by Crippen LogP contribution is 2.06. The Labute approximate surface area is 98.7 Å². The molecule has 0 aliphatic rings. The summed E-state index contributed by atoms with van der Waals surface area (Å²) in [5.41, 5.74) is 0.277. The first-order chi connectivity index (χ1) is 8.19. The van der Waals surface area contributed by atoms with Crippen molar-refractivity contribution in [2.75, 3.05) is 7.05 Å². The minimum atomic E-state index is -0.487. The van der Waals surface area contributed by atoms with Crippen molar-refractivity contribution < 1.29 is 9.59 Å². The van der Waals surface area contributed by atoms with E-state index >= 15 is 0 Å². The van der Waals surface area contributed by atoms with Gasteiger partial charge in [0, 0.05) is 18.8 Å². The van der Waals surface area contributed by atoms with Crippen LogP contribution in [-0.2, 0) is 0 Å². The number of nitriles is 1. The molecule has 2 N–H and O–H groups in total. The van der Waals surface area contributed by atoms with Gasteiger partial charge < -0.3 is 10.6 Å². The van der Waals surface area contributed by atoms with Crippen LogP contribution in [0.25, 0.3) is 0 Å². The van der Waals surface area contributed by atoms with E-state index in [1.165, 1.54) is 7.05 Å². The Bertz CT molecular complexity index is 486. The van der Waals surface area contributed by atoms with Gasteiger partial charge in [-0.1, -0.05) is 30.3 Å². The number of amides is 2. The van der Waals surface area contributed by atoms with Gasteiger partial charge in [0.2, 0.25) is 5.78 Å². The van der Waals surface area contributed by atoms with E-state index in [4.69, 9.17) is 5.26 Å². The van der Waals surface area contributed by atoms with Crippen LogP contribution >= 0.6 is 0 Å². The summed E-state index contributed by atoms with van der Waals surface area (Å²) in [7, 11) is 1.44. The number of rotatable bonds is 3. The van der Waals surface area contributed by atoms with Gasteiger partial charge in [0.05, 0.1) is 0 Å². The Hall–Kier alpha value is -2.61. The summed E-state index contributed by atoms with van der Waals surface area (Å²) in [6, 6.07) is 9.65. The number of carbonyl (C=O) groups is 2. The molecule has 86 valence electrons. The third-order valence-electron chi connectivity index (χ3n) is 1.98. The van der Waals surface area contributed by atoms with Crippen molar-refractivity contribution in [3.05, 3.63) is 47.7 Å². The molecule has 0 spiro atoms. The number of urea groups is 1. The van der Waals surface area contributed by atoms with Gasteiger partial charge in [0.1, 0.15) is 11.6 Å². The molecular formula is C12H11N3O2. The highest BCUT2D eigenvalue weighted by Gasteiger charge is 2.11. The van der Waals surface area contributed by atoms with Gasteiger partial charge in [0.25, 0.3) is 0 Å². The average molecular weight is 229 g/mol. The molecule has 1 rings (SSSR count). The first-order valence-electron chi connectivity index (χ1n) is 4.87. The lowest BCUT2D eigenvalue weighted by molar-refractivity contribution is 0.103. The van der Waals surface area contributed by atoms with Crippen LogP contribution in [0.5, 0.6) is 0 Å². The van der Waals surface area contributed by atoms with E-state index in [1.54, 1.807) is 36.4 Å². The largest absolute Gasteiger partial charge is 0.341 e. The molecule has 1 aromatic rings. The van der Waals surface area contributed by atoms with E-state index in [9.17, 15) is 9.59 Å². The first-order valence-corrected chi connectivity index (χ1v) is 4.87. The Kier molecular flexibility index (Phi) is 4.45. The van der Waals surface area contributed by atoms with Crippen molar-refractivity contribution in [3.63, 3.8) is 0 Å². The monoisotopic (exact) mass is 229 g/mol. The molecule has 2 amide bonds.